The summed E-state index contributed by atoms with van der Waals surface area (Å²) in [6, 6.07) is 4.25. The van der Waals surface area contributed by atoms with E-state index in [-0.39, 0.29) is 5.69 Å². The van der Waals surface area contributed by atoms with Crippen LogP contribution in [0.1, 0.15) is 25.3 Å². The van der Waals surface area contributed by atoms with E-state index in [2.05, 4.69) is 10.2 Å². The number of hydrogen-bond acceptors (Lipinski definition) is 4. The first-order valence-electron chi connectivity index (χ1n) is 6.98. The van der Waals surface area contributed by atoms with Gasteiger partial charge in [-0.1, -0.05) is 6.92 Å². The highest BCUT2D eigenvalue weighted by molar-refractivity contribution is 5.35. The maximum Gasteiger partial charge on any atom is 0.272 e. The average Bonchev–Trinajstić information content (AvgIpc) is 2.90. The molecule has 0 amide bonds. The summed E-state index contributed by atoms with van der Waals surface area (Å²) < 4.78 is 13.4. The minimum Gasteiger partial charge on any atom is -0.313 e. The molecule has 110 valence electrons. The monoisotopic (exact) mass is 281 g/mol. The second-order valence-electron chi connectivity index (χ2n) is 5.20. The van der Waals surface area contributed by atoms with Crippen molar-refractivity contribution in [3.05, 3.63) is 39.7 Å². The molecule has 0 bridgehead atoms. The number of rotatable bonds is 6. The van der Waals surface area contributed by atoms with Crippen LogP contribution < -0.4 is 5.32 Å². The first kappa shape index (κ1) is 14.9. The number of nitro groups is 1. The van der Waals surface area contributed by atoms with E-state index in [1.54, 1.807) is 0 Å². The lowest BCUT2D eigenvalue weighted by molar-refractivity contribution is -0.385. The summed E-state index contributed by atoms with van der Waals surface area (Å²) in [5.41, 5.74) is 0.464. The highest BCUT2D eigenvalue weighted by atomic mass is 19.1. The second-order valence-corrected chi connectivity index (χ2v) is 5.20. The fourth-order valence-electron chi connectivity index (χ4n) is 2.62. The van der Waals surface area contributed by atoms with Gasteiger partial charge in [0.05, 0.1) is 11.0 Å². The van der Waals surface area contributed by atoms with Gasteiger partial charge in [-0.25, -0.2) is 4.39 Å². The van der Waals surface area contributed by atoms with Gasteiger partial charge >= 0.3 is 0 Å². The molecule has 2 rings (SSSR count). The minimum atomic E-state index is -0.554. The first-order valence-corrected chi connectivity index (χ1v) is 6.98. The van der Waals surface area contributed by atoms with Crippen molar-refractivity contribution >= 4 is 5.69 Å². The van der Waals surface area contributed by atoms with Crippen LogP contribution in [0.2, 0.25) is 0 Å². The Morgan fingerprint density at radius 3 is 2.90 bits per heavy atom. The van der Waals surface area contributed by atoms with Crippen LogP contribution in [-0.4, -0.2) is 35.5 Å². The van der Waals surface area contributed by atoms with Gasteiger partial charge in [0.1, 0.15) is 5.82 Å². The highest BCUT2D eigenvalue weighted by Gasteiger charge is 2.18. The van der Waals surface area contributed by atoms with Gasteiger partial charge in [-0.3, -0.25) is 15.0 Å². The molecule has 0 aliphatic carbocycles. The molecule has 1 aliphatic heterocycles. The predicted molar refractivity (Wildman–Crippen MR) is 75.0 cm³/mol. The molecule has 1 fully saturated rings. The van der Waals surface area contributed by atoms with Gasteiger partial charge in [0.2, 0.25) is 0 Å². The average molecular weight is 281 g/mol. The van der Waals surface area contributed by atoms with E-state index in [0.717, 1.165) is 32.1 Å². The molecule has 1 atom stereocenters. The van der Waals surface area contributed by atoms with E-state index in [1.807, 2.05) is 6.92 Å². The normalized spacial score (nSPS) is 18.6. The number of nitrogens with one attached hydrogen (secondary N) is 1. The lowest BCUT2D eigenvalue weighted by Gasteiger charge is -2.24. The number of hydrogen-bond donors (Lipinski definition) is 1. The van der Waals surface area contributed by atoms with Crippen LogP contribution in [0.15, 0.2) is 18.2 Å². The number of non-ortho nitro benzene ring substituents is 1. The molecule has 1 aliphatic rings. The highest BCUT2D eigenvalue weighted by Crippen LogP contribution is 2.18. The van der Waals surface area contributed by atoms with Gasteiger partial charge in [-0.2, -0.15) is 0 Å². The number of likely N-dealkylation sites (N-methyl/N-ethyl adjacent to an activating group) is 1. The molecule has 1 heterocycles. The van der Waals surface area contributed by atoms with Crippen molar-refractivity contribution in [2.45, 2.75) is 32.4 Å². The molecule has 1 saturated heterocycles. The molecule has 20 heavy (non-hydrogen) atoms. The molecular weight excluding hydrogens is 261 g/mol. The molecule has 0 spiro atoms. The Morgan fingerprint density at radius 1 is 1.50 bits per heavy atom. The molecule has 0 aromatic heterocycles. The van der Waals surface area contributed by atoms with Crippen LogP contribution in [0.4, 0.5) is 10.1 Å². The molecule has 1 N–H and O–H groups in total. The molecule has 0 saturated carbocycles. The lowest BCUT2D eigenvalue weighted by Crippen LogP contribution is -2.37. The van der Waals surface area contributed by atoms with Crippen molar-refractivity contribution in [2.75, 3.05) is 19.6 Å². The van der Waals surface area contributed by atoms with Gasteiger partial charge in [0.15, 0.2) is 0 Å². The van der Waals surface area contributed by atoms with Gasteiger partial charge in [0, 0.05) is 25.2 Å². The molecular formula is C14H20FN3O2. The van der Waals surface area contributed by atoms with Crippen molar-refractivity contribution in [1.29, 1.82) is 0 Å². The Kier molecular flexibility index (Phi) is 5.03. The zero-order valence-electron chi connectivity index (χ0n) is 11.6. The molecule has 0 radical (unpaired) electrons. The lowest BCUT2D eigenvalue weighted by atomic mass is 10.1. The Balaban J connectivity index is 2.04. The summed E-state index contributed by atoms with van der Waals surface area (Å²) in [6.45, 7) is 5.35. The third-order valence-electron chi connectivity index (χ3n) is 3.65. The molecule has 1 aromatic rings. The fraction of sp³-hybridized carbons (Fsp3) is 0.571. The van der Waals surface area contributed by atoms with Gasteiger partial charge in [0.25, 0.3) is 5.69 Å². The topological polar surface area (TPSA) is 58.4 Å². The quantitative estimate of drug-likeness (QED) is 0.642. The standard InChI is InChI=1S/C14H20FN3O2/c1-2-17(10-13-4-3-5-16-13)9-11-6-12(15)8-14(7-11)18(19)20/h6-8,13,16H,2-5,9-10H2,1H3. The fourth-order valence-corrected chi connectivity index (χ4v) is 2.62. The predicted octanol–water partition coefficient (Wildman–Crippen LogP) is 2.31. The van der Waals surface area contributed by atoms with Crippen molar-refractivity contribution in [2.24, 2.45) is 0 Å². The third kappa shape index (κ3) is 3.98. The van der Waals surface area contributed by atoms with E-state index < -0.39 is 10.7 Å². The zero-order valence-corrected chi connectivity index (χ0v) is 11.6. The van der Waals surface area contributed by atoms with E-state index in [9.17, 15) is 14.5 Å². The van der Waals surface area contributed by atoms with E-state index in [1.165, 1.54) is 18.6 Å². The Hall–Kier alpha value is -1.53. The third-order valence-corrected chi connectivity index (χ3v) is 3.65. The van der Waals surface area contributed by atoms with Gasteiger partial charge in [-0.05, 0) is 37.6 Å². The summed E-state index contributed by atoms with van der Waals surface area (Å²) in [4.78, 5) is 12.4. The van der Waals surface area contributed by atoms with E-state index in [4.69, 9.17) is 0 Å². The van der Waals surface area contributed by atoms with Gasteiger partial charge in [-0.15, -0.1) is 0 Å². The number of nitrogens with zero attached hydrogens (tertiary/aromatic N) is 2. The number of benzene rings is 1. The second kappa shape index (κ2) is 6.76. The molecule has 6 heteroatoms. The van der Waals surface area contributed by atoms with Crippen LogP contribution in [0.5, 0.6) is 0 Å². The zero-order chi connectivity index (χ0) is 14.5. The van der Waals surface area contributed by atoms with Crippen LogP contribution in [0.25, 0.3) is 0 Å². The Morgan fingerprint density at radius 2 is 2.30 bits per heavy atom. The van der Waals surface area contributed by atoms with Crippen LogP contribution >= 0.6 is 0 Å². The largest absolute Gasteiger partial charge is 0.313 e. The summed E-state index contributed by atoms with van der Waals surface area (Å²) in [5.74, 6) is -0.552. The molecule has 5 nitrogen and oxygen atoms in total. The number of halogens is 1. The molecule has 1 unspecified atom stereocenters. The van der Waals surface area contributed by atoms with E-state index >= 15 is 0 Å². The minimum absolute atomic E-state index is 0.185. The van der Waals surface area contributed by atoms with Crippen LogP contribution in [0, 0.1) is 15.9 Å². The van der Waals surface area contributed by atoms with Crippen molar-refractivity contribution in [3.8, 4) is 0 Å². The molecule has 1 aromatic carbocycles. The Labute approximate surface area is 117 Å². The first-order chi connectivity index (χ1) is 9.58. The van der Waals surface area contributed by atoms with Crippen LogP contribution in [-0.2, 0) is 6.54 Å². The van der Waals surface area contributed by atoms with Crippen LogP contribution in [0.3, 0.4) is 0 Å². The summed E-state index contributed by atoms with van der Waals surface area (Å²) in [6.07, 6.45) is 2.34. The van der Waals surface area contributed by atoms with Crippen molar-refractivity contribution < 1.29 is 9.31 Å². The summed E-state index contributed by atoms with van der Waals surface area (Å²) in [5, 5.41) is 14.2. The number of nitro benzene ring substituents is 1. The maximum absolute atomic E-state index is 13.4. The smallest absolute Gasteiger partial charge is 0.272 e. The van der Waals surface area contributed by atoms with Gasteiger partial charge < -0.3 is 5.32 Å². The van der Waals surface area contributed by atoms with E-state index in [0.29, 0.717) is 18.2 Å². The van der Waals surface area contributed by atoms with Crippen molar-refractivity contribution in [1.82, 2.24) is 10.2 Å². The van der Waals surface area contributed by atoms with Crippen molar-refractivity contribution in [3.63, 3.8) is 0 Å². The Bertz CT molecular complexity index is 475. The summed E-state index contributed by atoms with van der Waals surface area (Å²) in [7, 11) is 0. The SMILES string of the molecule is CCN(Cc1cc(F)cc([N+](=O)[O-])c1)CC1CCCN1. The maximum atomic E-state index is 13.4. The summed E-state index contributed by atoms with van der Waals surface area (Å²) >= 11 is 0.